The van der Waals surface area contributed by atoms with Gasteiger partial charge in [-0.25, -0.2) is 8.42 Å². The summed E-state index contributed by atoms with van der Waals surface area (Å²) < 4.78 is 25.9. The minimum atomic E-state index is -3.73. The third-order valence-electron chi connectivity index (χ3n) is 2.72. The fourth-order valence-electron chi connectivity index (χ4n) is 1.77. The maximum atomic E-state index is 12.2. The lowest BCUT2D eigenvalue weighted by atomic mass is 10.3. The zero-order chi connectivity index (χ0) is 14.0. The van der Waals surface area contributed by atoms with Crippen LogP contribution >= 0.6 is 11.6 Å². The van der Waals surface area contributed by atoms with E-state index >= 15 is 0 Å². The molecule has 100 valence electrons. The molecule has 2 rings (SSSR count). The van der Waals surface area contributed by atoms with E-state index in [0.29, 0.717) is 5.69 Å². The van der Waals surface area contributed by atoms with Crippen molar-refractivity contribution in [1.82, 2.24) is 4.57 Å². The molecule has 0 saturated carbocycles. The lowest BCUT2D eigenvalue weighted by Gasteiger charge is -2.06. The van der Waals surface area contributed by atoms with Crippen molar-refractivity contribution in [3.05, 3.63) is 53.3 Å². The van der Waals surface area contributed by atoms with Gasteiger partial charge in [-0.1, -0.05) is 23.7 Å². The minimum absolute atomic E-state index is 0.0146. The molecule has 0 saturated heterocycles. The third kappa shape index (κ3) is 2.88. The van der Waals surface area contributed by atoms with Crippen molar-refractivity contribution in [1.29, 1.82) is 0 Å². The first-order chi connectivity index (χ1) is 8.92. The van der Waals surface area contributed by atoms with E-state index in [2.05, 4.69) is 0 Å². The quantitative estimate of drug-likeness (QED) is 0.814. The number of rotatable bonds is 4. The van der Waals surface area contributed by atoms with Crippen LogP contribution in [0, 0.1) is 0 Å². The van der Waals surface area contributed by atoms with E-state index in [4.69, 9.17) is 11.6 Å². The molecular formula is C13H12ClNO3S. The Morgan fingerprint density at radius 3 is 2.47 bits per heavy atom. The van der Waals surface area contributed by atoms with Gasteiger partial charge >= 0.3 is 0 Å². The number of carbonyl (C=O) groups excluding carboxylic acids is 1. The first-order valence-electron chi connectivity index (χ1n) is 5.53. The van der Waals surface area contributed by atoms with Crippen LogP contribution in [0.2, 0.25) is 5.02 Å². The Morgan fingerprint density at radius 2 is 1.89 bits per heavy atom. The van der Waals surface area contributed by atoms with Crippen LogP contribution in [0.25, 0.3) is 0 Å². The van der Waals surface area contributed by atoms with Crippen LogP contribution in [0.4, 0.5) is 0 Å². The Kier molecular flexibility index (Phi) is 3.78. The normalized spacial score (nSPS) is 11.5. The number of sulfone groups is 1. The fraction of sp³-hybridized carbons (Fsp3) is 0.154. The standard InChI is InChI=1S/C13H12ClNO3S/c1-15-8-4-6-11(15)12(16)9-19(17,18)13-7-3-2-5-10(13)14/h2-8H,9H2,1H3. The van der Waals surface area contributed by atoms with E-state index in [1.54, 1.807) is 42.1 Å². The van der Waals surface area contributed by atoms with E-state index in [-0.39, 0.29) is 9.92 Å². The number of carbonyl (C=O) groups is 1. The Labute approximate surface area is 116 Å². The first-order valence-corrected chi connectivity index (χ1v) is 7.56. The summed E-state index contributed by atoms with van der Waals surface area (Å²) in [7, 11) is -2.04. The molecule has 1 aromatic heterocycles. The first kappa shape index (κ1) is 13.8. The van der Waals surface area contributed by atoms with Gasteiger partial charge in [0, 0.05) is 13.2 Å². The second kappa shape index (κ2) is 5.19. The predicted octanol–water partition coefficient (Wildman–Crippen LogP) is 2.34. The molecule has 0 unspecified atom stereocenters. The van der Waals surface area contributed by atoms with Crippen LogP contribution in [0.3, 0.4) is 0 Å². The Balaban J connectivity index is 2.31. The zero-order valence-electron chi connectivity index (χ0n) is 10.2. The van der Waals surface area contributed by atoms with Crippen molar-refractivity contribution in [2.24, 2.45) is 7.05 Å². The molecular weight excluding hydrogens is 286 g/mol. The highest BCUT2D eigenvalue weighted by Crippen LogP contribution is 2.22. The highest BCUT2D eigenvalue weighted by molar-refractivity contribution is 7.92. The number of halogens is 1. The molecule has 0 aliphatic heterocycles. The van der Waals surface area contributed by atoms with Crippen molar-refractivity contribution in [3.63, 3.8) is 0 Å². The van der Waals surface area contributed by atoms with Crippen LogP contribution < -0.4 is 0 Å². The minimum Gasteiger partial charge on any atom is -0.348 e. The number of aryl methyl sites for hydroxylation is 1. The van der Waals surface area contributed by atoms with Gasteiger partial charge in [0.1, 0.15) is 5.75 Å². The molecule has 0 amide bonds. The van der Waals surface area contributed by atoms with Gasteiger partial charge in [0.15, 0.2) is 15.6 Å². The average molecular weight is 298 g/mol. The Morgan fingerprint density at radius 1 is 1.21 bits per heavy atom. The molecule has 19 heavy (non-hydrogen) atoms. The van der Waals surface area contributed by atoms with Gasteiger partial charge in [-0.3, -0.25) is 4.79 Å². The summed E-state index contributed by atoms with van der Waals surface area (Å²) >= 11 is 5.85. The number of nitrogens with zero attached hydrogens (tertiary/aromatic N) is 1. The maximum absolute atomic E-state index is 12.2. The van der Waals surface area contributed by atoms with E-state index < -0.39 is 21.4 Å². The van der Waals surface area contributed by atoms with E-state index in [1.807, 2.05) is 0 Å². The number of ketones is 1. The van der Waals surface area contributed by atoms with Gasteiger partial charge in [0.25, 0.3) is 0 Å². The lowest BCUT2D eigenvalue weighted by Crippen LogP contribution is -2.18. The van der Waals surface area contributed by atoms with Crippen molar-refractivity contribution in [2.75, 3.05) is 5.75 Å². The van der Waals surface area contributed by atoms with Gasteiger partial charge in [-0.15, -0.1) is 0 Å². The van der Waals surface area contributed by atoms with E-state index in [1.165, 1.54) is 12.1 Å². The molecule has 0 aliphatic rings. The summed E-state index contributed by atoms with van der Waals surface area (Å²) in [6.45, 7) is 0. The number of benzene rings is 1. The van der Waals surface area contributed by atoms with Gasteiger partial charge < -0.3 is 4.57 Å². The van der Waals surface area contributed by atoms with Crippen LogP contribution in [0.1, 0.15) is 10.5 Å². The Hall–Kier alpha value is -1.59. The largest absolute Gasteiger partial charge is 0.348 e. The van der Waals surface area contributed by atoms with E-state index in [0.717, 1.165) is 0 Å². The highest BCUT2D eigenvalue weighted by atomic mass is 35.5. The Bertz CT molecular complexity index is 719. The fourth-order valence-corrected chi connectivity index (χ4v) is 3.56. The van der Waals surface area contributed by atoms with Gasteiger partial charge in [0.2, 0.25) is 0 Å². The number of aromatic nitrogens is 1. The predicted molar refractivity (Wildman–Crippen MR) is 73.2 cm³/mol. The summed E-state index contributed by atoms with van der Waals surface area (Å²) in [5.41, 5.74) is 0.357. The van der Waals surface area contributed by atoms with Crippen LogP contribution in [0.15, 0.2) is 47.5 Å². The number of hydrogen-bond donors (Lipinski definition) is 0. The smallest absolute Gasteiger partial charge is 0.194 e. The van der Waals surface area contributed by atoms with Gasteiger partial charge in [-0.2, -0.15) is 0 Å². The molecule has 2 aromatic rings. The van der Waals surface area contributed by atoms with Crippen LogP contribution in [-0.2, 0) is 16.9 Å². The van der Waals surface area contributed by atoms with Gasteiger partial charge in [0.05, 0.1) is 15.6 Å². The summed E-state index contributed by atoms with van der Waals surface area (Å²) in [5.74, 6) is -1.04. The molecule has 1 heterocycles. The van der Waals surface area contributed by atoms with Crippen molar-refractivity contribution < 1.29 is 13.2 Å². The number of hydrogen-bond acceptors (Lipinski definition) is 3. The molecule has 0 aliphatic carbocycles. The number of Topliss-reactive ketones (excluding diaryl/α,β-unsaturated/α-hetero) is 1. The molecule has 0 bridgehead atoms. The van der Waals surface area contributed by atoms with Crippen LogP contribution in [0.5, 0.6) is 0 Å². The molecule has 0 N–H and O–H groups in total. The molecule has 6 heteroatoms. The van der Waals surface area contributed by atoms with Crippen molar-refractivity contribution >= 4 is 27.2 Å². The third-order valence-corrected chi connectivity index (χ3v) is 4.83. The second-order valence-electron chi connectivity index (χ2n) is 4.12. The maximum Gasteiger partial charge on any atom is 0.194 e. The monoisotopic (exact) mass is 297 g/mol. The van der Waals surface area contributed by atoms with Crippen molar-refractivity contribution in [2.45, 2.75) is 4.90 Å². The summed E-state index contributed by atoms with van der Waals surface area (Å²) in [5, 5.41) is 0.127. The second-order valence-corrected chi connectivity index (χ2v) is 6.48. The van der Waals surface area contributed by atoms with E-state index in [9.17, 15) is 13.2 Å². The van der Waals surface area contributed by atoms with Crippen LogP contribution in [-0.4, -0.2) is 24.5 Å². The summed E-state index contributed by atoms with van der Waals surface area (Å²) in [6.07, 6.45) is 1.69. The molecule has 0 radical (unpaired) electrons. The average Bonchev–Trinajstić information content (AvgIpc) is 2.75. The highest BCUT2D eigenvalue weighted by Gasteiger charge is 2.23. The molecule has 0 atom stereocenters. The SMILES string of the molecule is Cn1cccc1C(=O)CS(=O)(=O)c1ccccc1Cl. The zero-order valence-corrected chi connectivity index (χ0v) is 11.8. The summed E-state index contributed by atoms with van der Waals surface area (Å²) in [6, 6.07) is 9.38. The van der Waals surface area contributed by atoms with Gasteiger partial charge in [-0.05, 0) is 24.3 Å². The lowest BCUT2D eigenvalue weighted by molar-refractivity contribution is 0.101. The topological polar surface area (TPSA) is 56.1 Å². The molecule has 0 fully saturated rings. The van der Waals surface area contributed by atoms with Crippen molar-refractivity contribution in [3.8, 4) is 0 Å². The molecule has 4 nitrogen and oxygen atoms in total. The summed E-state index contributed by atoms with van der Waals surface area (Å²) in [4.78, 5) is 12.0. The molecule has 0 spiro atoms. The molecule has 1 aromatic carbocycles.